The van der Waals surface area contributed by atoms with Crippen LogP contribution in [-0.4, -0.2) is 48.4 Å². The molecule has 1 aromatic heterocycles. The minimum Gasteiger partial charge on any atom is -0.361 e. The van der Waals surface area contributed by atoms with E-state index >= 15 is 0 Å². The zero-order valence-electron chi connectivity index (χ0n) is 16.0. The van der Waals surface area contributed by atoms with E-state index in [0.29, 0.717) is 17.8 Å². The molecule has 0 radical (unpaired) electrons. The van der Waals surface area contributed by atoms with Crippen molar-refractivity contribution in [2.24, 2.45) is 5.73 Å². The SMILES string of the molecule is CN(C)CC(=O)Nc1cccc(NC(=O)[C@H](N)Cc2c[nH]c3ccccc23)c1. The summed E-state index contributed by atoms with van der Waals surface area (Å²) in [5.41, 5.74) is 9.35. The summed E-state index contributed by atoms with van der Waals surface area (Å²) in [6.07, 6.45) is 2.31. The van der Waals surface area contributed by atoms with Crippen molar-refractivity contribution in [3.63, 3.8) is 0 Å². The van der Waals surface area contributed by atoms with E-state index in [9.17, 15) is 9.59 Å². The van der Waals surface area contributed by atoms with Crippen molar-refractivity contribution < 1.29 is 9.59 Å². The highest BCUT2D eigenvalue weighted by Crippen LogP contribution is 2.20. The van der Waals surface area contributed by atoms with Gasteiger partial charge in [-0.15, -0.1) is 0 Å². The van der Waals surface area contributed by atoms with Crippen molar-refractivity contribution >= 4 is 34.1 Å². The standard InChI is InChI=1S/C21H25N5O2/c1-26(2)13-20(27)24-15-6-5-7-16(11-15)25-21(28)18(22)10-14-12-23-19-9-4-3-8-17(14)19/h3-9,11-12,18,23H,10,13,22H2,1-2H3,(H,24,27)(H,25,28)/t18-/m1/s1. The van der Waals surface area contributed by atoms with Crippen LogP contribution in [0.1, 0.15) is 5.56 Å². The number of fused-ring (bicyclic) bond motifs is 1. The molecule has 146 valence electrons. The van der Waals surface area contributed by atoms with Crippen LogP contribution in [0.4, 0.5) is 11.4 Å². The summed E-state index contributed by atoms with van der Waals surface area (Å²) in [4.78, 5) is 29.4. The number of nitrogens with one attached hydrogen (secondary N) is 3. The number of anilines is 2. The Bertz CT molecular complexity index is 980. The molecule has 3 rings (SSSR count). The second kappa shape index (κ2) is 8.69. The molecule has 2 aromatic carbocycles. The summed E-state index contributed by atoms with van der Waals surface area (Å²) in [7, 11) is 3.65. The lowest BCUT2D eigenvalue weighted by molar-refractivity contribution is -0.117. The maximum Gasteiger partial charge on any atom is 0.241 e. The highest BCUT2D eigenvalue weighted by atomic mass is 16.2. The average Bonchev–Trinajstić information content (AvgIpc) is 3.04. The van der Waals surface area contributed by atoms with Gasteiger partial charge in [0.25, 0.3) is 0 Å². The molecule has 28 heavy (non-hydrogen) atoms. The fraction of sp³-hybridized carbons (Fsp3) is 0.238. The van der Waals surface area contributed by atoms with Gasteiger partial charge in [0.1, 0.15) is 0 Å². The van der Waals surface area contributed by atoms with Gasteiger partial charge in [-0.05, 0) is 50.3 Å². The Labute approximate surface area is 163 Å². The molecule has 5 N–H and O–H groups in total. The number of rotatable bonds is 7. The Morgan fingerprint density at radius 1 is 1.07 bits per heavy atom. The number of carbonyl (C=O) groups is 2. The average molecular weight is 379 g/mol. The molecule has 0 spiro atoms. The van der Waals surface area contributed by atoms with Crippen molar-refractivity contribution in [3.05, 3.63) is 60.3 Å². The van der Waals surface area contributed by atoms with Gasteiger partial charge in [-0.3, -0.25) is 9.59 Å². The first-order chi connectivity index (χ1) is 13.4. The number of amides is 2. The number of nitrogens with zero attached hydrogens (tertiary/aromatic N) is 1. The highest BCUT2D eigenvalue weighted by Gasteiger charge is 2.16. The van der Waals surface area contributed by atoms with Gasteiger partial charge in [-0.25, -0.2) is 0 Å². The van der Waals surface area contributed by atoms with Gasteiger partial charge in [0.2, 0.25) is 11.8 Å². The number of hydrogen-bond donors (Lipinski definition) is 4. The number of para-hydroxylation sites is 1. The summed E-state index contributed by atoms with van der Waals surface area (Å²) in [5, 5.41) is 6.69. The summed E-state index contributed by atoms with van der Waals surface area (Å²) in [6, 6.07) is 14.2. The number of aromatic amines is 1. The van der Waals surface area contributed by atoms with E-state index < -0.39 is 6.04 Å². The molecule has 1 atom stereocenters. The zero-order chi connectivity index (χ0) is 20.1. The van der Waals surface area contributed by atoms with Crippen LogP contribution in [0.15, 0.2) is 54.7 Å². The highest BCUT2D eigenvalue weighted by molar-refractivity contribution is 5.97. The van der Waals surface area contributed by atoms with Gasteiger partial charge in [0.15, 0.2) is 0 Å². The lowest BCUT2D eigenvalue weighted by atomic mass is 10.0. The van der Waals surface area contributed by atoms with Crippen LogP contribution in [0.2, 0.25) is 0 Å². The number of likely N-dealkylation sites (N-methyl/N-ethyl adjacent to an activating group) is 1. The van der Waals surface area contributed by atoms with Crippen molar-refractivity contribution in [3.8, 4) is 0 Å². The van der Waals surface area contributed by atoms with Crippen LogP contribution in [0.5, 0.6) is 0 Å². The van der Waals surface area contributed by atoms with Crippen molar-refractivity contribution in [1.82, 2.24) is 9.88 Å². The number of carbonyl (C=O) groups excluding carboxylic acids is 2. The Hall–Kier alpha value is -3.16. The van der Waals surface area contributed by atoms with E-state index in [4.69, 9.17) is 5.73 Å². The molecule has 1 heterocycles. The van der Waals surface area contributed by atoms with Crippen LogP contribution in [0.25, 0.3) is 10.9 Å². The van der Waals surface area contributed by atoms with E-state index in [2.05, 4.69) is 15.6 Å². The van der Waals surface area contributed by atoms with E-state index in [1.807, 2.05) is 44.6 Å². The molecule has 0 aliphatic heterocycles. The quantitative estimate of drug-likeness (QED) is 0.505. The van der Waals surface area contributed by atoms with E-state index in [0.717, 1.165) is 16.5 Å². The molecule has 7 heteroatoms. The Balaban J connectivity index is 1.62. The van der Waals surface area contributed by atoms with Crippen LogP contribution >= 0.6 is 0 Å². The van der Waals surface area contributed by atoms with E-state index in [1.54, 1.807) is 29.2 Å². The fourth-order valence-electron chi connectivity index (χ4n) is 3.03. The summed E-state index contributed by atoms with van der Waals surface area (Å²) in [5.74, 6) is -0.397. The van der Waals surface area contributed by atoms with Crippen molar-refractivity contribution in [2.45, 2.75) is 12.5 Å². The van der Waals surface area contributed by atoms with Gasteiger partial charge in [0, 0.05) is 28.5 Å². The van der Waals surface area contributed by atoms with Gasteiger partial charge in [-0.1, -0.05) is 24.3 Å². The Morgan fingerprint density at radius 3 is 2.54 bits per heavy atom. The fourth-order valence-corrected chi connectivity index (χ4v) is 3.03. The zero-order valence-corrected chi connectivity index (χ0v) is 16.0. The van der Waals surface area contributed by atoms with Crippen LogP contribution < -0.4 is 16.4 Å². The maximum absolute atomic E-state index is 12.5. The molecule has 2 amide bonds. The molecule has 0 unspecified atom stereocenters. The van der Waals surface area contributed by atoms with E-state index in [1.165, 1.54) is 0 Å². The largest absolute Gasteiger partial charge is 0.361 e. The smallest absolute Gasteiger partial charge is 0.241 e. The third-order valence-corrected chi connectivity index (χ3v) is 4.33. The number of hydrogen-bond acceptors (Lipinski definition) is 4. The topological polar surface area (TPSA) is 103 Å². The molecule has 0 aliphatic rings. The molecule has 3 aromatic rings. The summed E-state index contributed by atoms with van der Waals surface area (Å²) >= 11 is 0. The number of H-pyrrole nitrogens is 1. The third kappa shape index (κ3) is 4.97. The minimum atomic E-state index is -0.689. The summed E-state index contributed by atoms with van der Waals surface area (Å²) in [6.45, 7) is 0.284. The molecule has 7 nitrogen and oxygen atoms in total. The first-order valence-corrected chi connectivity index (χ1v) is 9.08. The summed E-state index contributed by atoms with van der Waals surface area (Å²) < 4.78 is 0. The van der Waals surface area contributed by atoms with Gasteiger partial charge in [-0.2, -0.15) is 0 Å². The molecular formula is C21H25N5O2. The van der Waals surface area contributed by atoms with Gasteiger partial charge >= 0.3 is 0 Å². The Kier molecular flexibility index (Phi) is 6.08. The maximum atomic E-state index is 12.5. The van der Waals surface area contributed by atoms with Crippen molar-refractivity contribution in [1.29, 1.82) is 0 Å². The first kappa shape index (κ1) is 19.6. The van der Waals surface area contributed by atoms with Crippen LogP contribution in [-0.2, 0) is 16.0 Å². The lowest BCUT2D eigenvalue weighted by Crippen LogP contribution is -2.37. The number of nitrogens with two attached hydrogens (primary N) is 1. The number of benzene rings is 2. The molecule has 0 bridgehead atoms. The van der Waals surface area contributed by atoms with Crippen LogP contribution in [0, 0.1) is 0 Å². The lowest BCUT2D eigenvalue weighted by Gasteiger charge is -2.14. The monoisotopic (exact) mass is 379 g/mol. The minimum absolute atomic E-state index is 0.121. The predicted molar refractivity (Wildman–Crippen MR) is 112 cm³/mol. The molecule has 0 saturated carbocycles. The Morgan fingerprint density at radius 2 is 1.79 bits per heavy atom. The predicted octanol–water partition coefficient (Wildman–Crippen LogP) is 2.18. The van der Waals surface area contributed by atoms with Crippen molar-refractivity contribution in [2.75, 3.05) is 31.3 Å². The first-order valence-electron chi connectivity index (χ1n) is 9.08. The molecule has 0 saturated heterocycles. The van der Waals surface area contributed by atoms with Crippen LogP contribution in [0.3, 0.4) is 0 Å². The van der Waals surface area contributed by atoms with Gasteiger partial charge < -0.3 is 26.3 Å². The normalized spacial score (nSPS) is 12.1. The van der Waals surface area contributed by atoms with Gasteiger partial charge in [0.05, 0.1) is 12.6 Å². The van der Waals surface area contributed by atoms with E-state index in [-0.39, 0.29) is 18.4 Å². The second-order valence-electron chi connectivity index (χ2n) is 7.03. The molecule has 0 fully saturated rings. The molecule has 0 aliphatic carbocycles. The third-order valence-electron chi connectivity index (χ3n) is 4.33. The second-order valence-corrected chi connectivity index (χ2v) is 7.03. The molecular weight excluding hydrogens is 354 g/mol. The number of aromatic nitrogens is 1.